The minimum absolute atomic E-state index is 0.0123. The van der Waals surface area contributed by atoms with Crippen molar-refractivity contribution in [1.29, 1.82) is 0 Å². The largest absolute Gasteiger partial charge is 0.396 e. The first-order valence-electron chi connectivity index (χ1n) is 15.7. The smallest absolute Gasteiger partial charge is 0.249 e. The molecule has 0 aromatic carbocycles. The van der Waals surface area contributed by atoms with Gasteiger partial charge < -0.3 is 65.5 Å². The Labute approximate surface area is 289 Å². The van der Waals surface area contributed by atoms with Crippen molar-refractivity contribution in [2.45, 2.75) is 69.5 Å². The zero-order chi connectivity index (χ0) is 35.5. The van der Waals surface area contributed by atoms with Crippen molar-refractivity contribution in [1.82, 2.24) is 16.0 Å². The van der Waals surface area contributed by atoms with Gasteiger partial charge in [-0.3, -0.25) is 19.2 Å². The number of ether oxygens (including phenoxy) is 4. The van der Waals surface area contributed by atoms with Crippen LogP contribution in [0.5, 0.6) is 0 Å². The summed E-state index contributed by atoms with van der Waals surface area (Å²) in [6.45, 7) is 3.70. The molecule has 18 heteroatoms. The zero-order valence-electron chi connectivity index (χ0n) is 27.0. The van der Waals surface area contributed by atoms with Gasteiger partial charge in [-0.2, -0.15) is 0 Å². The normalized spacial score (nSPS) is 15.2. The van der Waals surface area contributed by atoms with E-state index in [1.165, 1.54) is 6.92 Å². The number of nitrogens with one attached hydrogen (secondary N) is 3. The van der Waals surface area contributed by atoms with Crippen LogP contribution >= 0.6 is 22.6 Å². The van der Waals surface area contributed by atoms with Crippen LogP contribution in [-0.4, -0.2) is 168 Å². The van der Waals surface area contributed by atoms with Crippen LogP contribution in [0.25, 0.3) is 0 Å². The van der Waals surface area contributed by atoms with E-state index in [0.717, 1.165) is 4.43 Å². The molecule has 276 valence electrons. The monoisotopic (exact) mass is 795 g/mol. The van der Waals surface area contributed by atoms with Gasteiger partial charge in [0.1, 0.15) is 31.0 Å². The second kappa shape index (κ2) is 29.3. The molecular formula is C29H54IN3O14. The molecule has 0 aromatic rings. The van der Waals surface area contributed by atoms with E-state index in [2.05, 4.69) is 38.5 Å². The highest BCUT2D eigenvalue weighted by atomic mass is 127. The van der Waals surface area contributed by atoms with Gasteiger partial charge >= 0.3 is 0 Å². The predicted octanol–water partition coefficient (Wildman–Crippen LogP) is -3.21. The van der Waals surface area contributed by atoms with Crippen LogP contribution in [0.2, 0.25) is 0 Å². The molecule has 6 atom stereocenters. The maximum absolute atomic E-state index is 12.9. The Morgan fingerprint density at radius 1 is 0.681 bits per heavy atom. The molecule has 0 bridgehead atoms. The third kappa shape index (κ3) is 22.6. The predicted molar refractivity (Wildman–Crippen MR) is 176 cm³/mol. The van der Waals surface area contributed by atoms with Crippen molar-refractivity contribution < 1.29 is 68.8 Å². The van der Waals surface area contributed by atoms with Gasteiger partial charge in [0.15, 0.2) is 5.78 Å². The molecule has 0 aromatic heterocycles. The minimum Gasteiger partial charge on any atom is -0.396 e. The number of halogens is 1. The number of aliphatic hydroxyl groups excluding tert-OH is 6. The number of amides is 3. The Balaban J connectivity index is 4.66. The molecule has 0 saturated carbocycles. The van der Waals surface area contributed by atoms with Gasteiger partial charge in [-0.1, -0.05) is 29.5 Å². The molecule has 0 rings (SSSR count). The second-order valence-corrected chi connectivity index (χ2v) is 11.6. The summed E-state index contributed by atoms with van der Waals surface area (Å²) in [5.41, 5.74) is 0. The van der Waals surface area contributed by atoms with Crippen LogP contribution in [-0.2, 0) is 38.1 Å². The van der Waals surface area contributed by atoms with E-state index in [-0.39, 0.29) is 45.8 Å². The summed E-state index contributed by atoms with van der Waals surface area (Å²) >= 11 is 2.23. The van der Waals surface area contributed by atoms with Crippen LogP contribution in [0.15, 0.2) is 0 Å². The van der Waals surface area contributed by atoms with E-state index >= 15 is 0 Å². The lowest BCUT2D eigenvalue weighted by Gasteiger charge is -2.23. The zero-order valence-corrected chi connectivity index (χ0v) is 29.2. The molecule has 0 unspecified atom stereocenters. The molecule has 3 amide bonds. The number of rotatable bonds is 31. The topological polar surface area (TPSA) is 263 Å². The number of unbranched alkanes of at least 4 members (excludes halogenated alkanes) is 1. The molecule has 17 nitrogen and oxygen atoms in total. The van der Waals surface area contributed by atoms with E-state index in [1.54, 1.807) is 0 Å². The molecular weight excluding hydrogens is 741 g/mol. The number of carbonyl (C=O) groups is 4. The van der Waals surface area contributed by atoms with Crippen molar-refractivity contribution in [2.24, 2.45) is 5.92 Å². The van der Waals surface area contributed by atoms with Gasteiger partial charge in [0.05, 0.1) is 59.0 Å². The van der Waals surface area contributed by atoms with Gasteiger partial charge in [-0.15, -0.1) is 0 Å². The first-order chi connectivity index (χ1) is 22.5. The van der Waals surface area contributed by atoms with Crippen molar-refractivity contribution in [3.8, 4) is 0 Å². The number of aliphatic hydroxyl groups is 6. The van der Waals surface area contributed by atoms with Crippen molar-refractivity contribution >= 4 is 46.1 Å². The fourth-order valence-corrected chi connectivity index (χ4v) is 4.22. The highest BCUT2D eigenvalue weighted by molar-refractivity contribution is 14.1. The molecule has 0 radical (unpaired) electrons. The molecule has 0 aliphatic heterocycles. The lowest BCUT2D eigenvalue weighted by Crippen LogP contribution is -2.51. The third-order valence-electron chi connectivity index (χ3n) is 6.81. The Hall–Kier alpha value is -1.59. The van der Waals surface area contributed by atoms with Crippen LogP contribution in [0.1, 0.15) is 39.0 Å². The molecule has 0 spiro atoms. The maximum atomic E-state index is 12.9. The summed E-state index contributed by atoms with van der Waals surface area (Å²) in [6.07, 6.45) is -6.06. The SMILES string of the molecule is C[C@@H]([C@H](O)CCO)[C@@H](O)C(=O)NCCCC[C@H](NC(=O)[C@H](O)C[C@H](O)C(=O)CO)C(=O)NCCOCCOCCOCCOCCI. The van der Waals surface area contributed by atoms with Crippen LogP contribution in [0.4, 0.5) is 0 Å². The number of carbonyl (C=O) groups excluding carboxylic acids is 4. The Morgan fingerprint density at radius 2 is 1.23 bits per heavy atom. The van der Waals surface area contributed by atoms with Gasteiger partial charge in [0, 0.05) is 36.5 Å². The third-order valence-corrected chi connectivity index (χ3v) is 7.25. The quantitative estimate of drug-likeness (QED) is 0.0190. The standard InChI is InChI=1S/C29H54IN3O14/c1-20(22(36)5-9-34)26(40)29(43)31-7-3-2-4-21(33-28(42)24(38)18-23(37)25(39)19-35)27(41)32-8-11-45-13-15-47-17-16-46-14-12-44-10-6-30/h20-24,26,34-38,40H,2-19H2,1H3,(H,31,43)(H,32,41)(H,33,42)/t20-,21-,22+,23-,24+,26+/m0/s1. The molecule has 0 saturated heterocycles. The Bertz CT molecular complexity index is 859. The van der Waals surface area contributed by atoms with Crippen molar-refractivity contribution in [3.05, 3.63) is 0 Å². The van der Waals surface area contributed by atoms with Gasteiger partial charge in [-0.05, 0) is 25.7 Å². The summed E-state index contributed by atoms with van der Waals surface area (Å²) < 4.78 is 22.4. The molecule has 0 heterocycles. The summed E-state index contributed by atoms with van der Waals surface area (Å²) in [4.78, 5) is 49.0. The molecule has 0 aliphatic carbocycles. The van der Waals surface area contributed by atoms with E-state index in [1.807, 2.05) is 0 Å². The Kier molecular flexibility index (Phi) is 28.3. The highest BCUT2D eigenvalue weighted by Crippen LogP contribution is 2.12. The fourth-order valence-electron chi connectivity index (χ4n) is 3.91. The Morgan fingerprint density at radius 3 is 1.79 bits per heavy atom. The highest BCUT2D eigenvalue weighted by Gasteiger charge is 2.29. The molecule has 0 fully saturated rings. The summed E-state index contributed by atoms with van der Waals surface area (Å²) in [5.74, 6) is -4.07. The first kappa shape index (κ1) is 45.4. The average molecular weight is 796 g/mol. The van der Waals surface area contributed by atoms with Crippen LogP contribution in [0, 0.1) is 5.92 Å². The molecule has 9 N–H and O–H groups in total. The first-order valence-corrected chi connectivity index (χ1v) is 17.2. The second-order valence-electron chi connectivity index (χ2n) is 10.6. The van der Waals surface area contributed by atoms with Gasteiger partial charge in [-0.25, -0.2) is 0 Å². The number of hydrogen-bond acceptors (Lipinski definition) is 14. The fraction of sp³-hybridized carbons (Fsp3) is 0.862. The number of alkyl halides is 1. The minimum atomic E-state index is -1.83. The van der Waals surface area contributed by atoms with Crippen molar-refractivity contribution in [2.75, 3.05) is 83.6 Å². The van der Waals surface area contributed by atoms with E-state index < -0.39 is 72.9 Å². The van der Waals surface area contributed by atoms with Gasteiger partial charge in [0.25, 0.3) is 0 Å². The van der Waals surface area contributed by atoms with E-state index in [9.17, 15) is 39.6 Å². The van der Waals surface area contributed by atoms with Gasteiger partial charge in [0.2, 0.25) is 17.7 Å². The van der Waals surface area contributed by atoms with Crippen LogP contribution in [0.3, 0.4) is 0 Å². The molecule has 47 heavy (non-hydrogen) atoms. The summed E-state index contributed by atoms with van der Waals surface area (Å²) in [6, 6.07) is -1.12. The number of ketones is 1. The number of Topliss-reactive ketones (excluding diaryl/α,β-unsaturated/α-hetero) is 1. The lowest BCUT2D eigenvalue weighted by molar-refractivity contribution is -0.138. The lowest BCUT2D eigenvalue weighted by atomic mass is 9.95. The summed E-state index contributed by atoms with van der Waals surface area (Å²) in [7, 11) is 0. The van der Waals surface area contributed by atoms with E-state index in [0.29, 0.717) is 52.5 Å². The van der Waals surface area contributed by atoms with Crippen molar-refractivity contribution in [3.63, 3.8) is 0 Å². The average Bonchev–Trinajstić information content (AvgIpc) is 3.06. The molecule has 0 aliphatic rings. The van der Waals surface area contributed by atoms with E-state index in [4.69, 9.17) is 29.2 Å². The summed E-state index contributed by atoms with van der Waals surface area (Å²) in [5, 5.41) is 65.2. The number of hydrogen-bond donors (Lipinski definition) is 9. The maximum Gasteiger partial charge on any atom is 0.249 e. The van der Waals surface area contributed by atoms with Crippen LogP contribution < -0.4 is 16.0 Å².